The van der Waals surface area contributed by atoms with Crippen LogP contribution in [0.25, 0.3) is 88.3 Å². The Morgan fingerprint density at radius 1 is 0.299 bits per heavy atom. The van der Waals surface area contributed by atoms with Crippen LogP contribution in [-0.4, -0.2) is 0 Å². The van der Waals surface area contributed by atoms with E-state index in [0.717, 1.165) is 44.6 Å². The minimum atomic E-state index is -0.454. The number of fused-ring (bicyclic) bond motifs is 14. The molecule has 0 unspecified atom stereocenters. The summed E-state index contributed by atoms with van der Waals surface area (Å²) < 4.78 is 6.55. The molecule has 67 heavy (non-hydrogen) atoms. The van der Waals surface area contributed by atoms with E-state index in [1.165, 1.54) is 83.1 Å². The molecule has 0 bridgehead atoms. The number of anilines is 3. The van der Waals surface area contributed by atoms with Crippen LogP contribution in [0, 0.1) is 0 Å². The predicted molar refractivity (Wildman–Crippen MR) is 279 cm³/mol. The Morgan fingerprint density at radius 2 is 0.746 bits per heavy atom. The van der Waals surface area contributed by atoms with Crippen LogP contribution in [0.3, 0.4) is 0 Å². The maximum Gasteiger partial charge on any atom is 0.137 e. The van der Waals surface area contributed by atoms with Crippen LogP contribution in [0.1, 0.15) is 22.3 Å². The fourth-order valence-corrected chi connectivity index (χ4v) is 11.6. The number of hydrogen-bond donors (Lipinski definition) is 0. The van der Waals surface area contributed by atoms with Crippen molar-refractivity contribution in [1.29, 1.82) is 0 Å². The fourth-order valence-electron chi connectivity index (χ4n) is 11.6. The van der Waals surface area contributed by atoms with Gasteiger partial charge in [0.25, 0.3) is 0 Å². The van der Waals surface area contributed by atoms with Gasteiger partial charge in [0.15, 0.2) is 0 Å². The molecule has 0 saturated carbocycles. The van der Waals surface area contributed by atoms with Crippen molar-refractivity contribution in [3.8, 4) is 55.6 Å². The number of benzene rings is 11. The highest BCUT2D eigenvalue weighted by molar-refractivity contribution is 6.14. The van der Waals surface area contributed by atoms with Crippen LogP contribution in [-0.2, 0) is 5.41 Å². The summed E-state index contributed by atoms with van der Waals surface area (Å²) in [5.74, 6) is 0. The Bertz CT molecular complexity index is 3860. The van der Waals surface area contributed by atoms with E-state index in [-0.39, 0.29) is 0 Å². The number of nitrogens with zero attached hydrogens (tertiary/aromatic N) is 1. The monoisotopic (exact) mass is 851 g/mol. The topological polar surface area (TPSA) is 16.4 Å². The lowest BCUT2D eigenvalue weighted by molar-refractivity contribution is 0.669. The molecule has 2 aliphatic rings. The molecule has 0 N–H and O–H groups in total. The van der Waals surface area contributed by atoms with Crippen molar-refractivity contribution in [3.63, 3.8) is 0 Å². The predicted octanol–water partition coefficient (Wildman–Crippen LogP) is 17.6. The molecule has 12 aromatic rings. The van der Waals surface area contributed by atoms with E-state index in [9.17, 15) is 0 Å². The van der Waals surface area contributed by atoms with Gasteiger partial charge in [-0.1, -0.05) is 212 Å². The molecule has 0 saturated heterocycles. The zero-order valence-corrected chi connectivity index (χ0v) is 36.5. The molecule has 2 heteroatoms. The van der Waals surface area contributed by atoms with Crippen LogP contribution in [0.15, 0.2) is 253 Å². The highest BCUT2D eigenvalue weighted by Gasteiger charge is 2.52. The van der Waals surface area contributed by atoms with Gasteiger partial charge in [0.1, 0.15) is 11.2 Å². The first-order chi connectivity index (χ1) is 33.2. The van der Waals surface area contributed by atoms with Crippen molar-refractivity contribution in [1.82, 2.24) is 0 Å². The minimum absolute atomic E-state index is 0.454. The Balaban J connectivity index is 0.896. The summed E-state index contributed by atoms with van der Waals surface area (Å²) in [6.45, 7) is 0. The van der Waals surface area contributed by atoms with Gasteiger partial charge in [-0.25, -0.2) is 0 Å². The molecule has 312 valence electrons. The van der Waals surface area contributed by atoms with Crippen LogP contribution >= 0.6 is 0 Å². The van der Waals surface area contributed by atoms with Gasteiger partial charge in [-0.3, -0.25) is 0 Å². The maximum absolute atomic E-state index is 6.55. The first kappa shape index (κ1) is 37.6. The quantitative estimate of drug-likeness (QED) is 0.166. The second-order valence-electron chi connectivity index (χ2n) is 17.9. The molecule has 0 amide bonds. The third-order valence-electron chi connectivity index (χ3n) is 14.5. The van der Waals surface area contributed by atoms with Crippen molar-refractivity contribution in [2.45, 2.75) is 5.41 Å². The summed E-state index contributed by atoms with van der Waals surface area (Å²) in [5, 5.41) is 4.73. The summed E-state index contributed by atoms with van der Waals surface area (Å²) in [6, 6.07) is 91.1. The summed E-state index contributed by atoms with van der Waals surface area (Å²) in [5.41, 5.74) is 22.2. The van der Waals surface area contributed by atoms with E-state index < -0.39 is 5.41 Å². The molecule has 2 aliphatic carbocycles. The van der Waals surface area contributed by atoms with E-state index in [0.29, 0.717) is 0 Å². The summed E-state index contributed by atoms with van der Waals surface area (Å²) in [6.07, 6.45) is 0. The molecular weight excluding hydrogens is 811 g/mol. The molecule has 0 atom stereocenters. The summed E-state index contributed by atoms with van der Waals surface area (Å²) in [7, 11) is 0. The number of hydrogen-bond acceptors (Lipinski definition) is 2. The molecule has 0 radical (unpaired) electrons. The number of para-hydroxylation sites is 1. The lowest BCUT2D eigenvalue weighted by atomic mass is 9.70. The van der Waals surface area contributed by atoms with Crippen molar-refractivity contribution in [2.75, 3.05) is 4.90 Å². The maximum atomic E-state index is 6.55. The average Bonchev–Trinajstić information content (AvgIpc) is 4.04. The molecule has 1 heterocycles. The molecule has 1 aromatic heterocycles. The van der Waals surface area contributed by atoms with Gasteiger partial charge >= 0.3 is 0 Å². The van der Waals surface area contributed by atoms with Gasteiger partial charge in [-0.05, 0) is 119 Å². The number of furan rings is 1. The minimum Gasteiger partial charge on any atom is -0.456 e. The van der Waals surface area contributed by atoms with Gasteiger partial charge in [0.2, 0.25) is 0 Å². The van der Waals surface area contributed by atoms with Crippen molar-refractivity contribution in [3.05, 3.63) is 271 Å². The first-order valence-electron chi connectivity index (χ1n) is 23.2. The van der Waals surface area contributed by atoms with E-state index in [2.05, 4.69) is 248 Å². The molecular formula is C65H41NO. The van der Waals surface area contributed by atoms with Gasteiger partial charge in [-0.15, -0.1) is 0 Å². The Morgan fingerprint density at radius 3 is 1.43 bits per heavy atom. The smallest absolute Gasteiger partial charge is 0.137 e. The zero-order valence-electron chi connectivity index (χ0n) is 36.5. The van der Waals surface area contributed by atoms with Gasteiger partial charge in [0.05, 0.1) is 22.2 Å². The zero-order chi connectivity index (χ0) is 44.1. The second kappa shape index (κ2) is 14.7. The van der Waals surface area contributed by atoms with Gasteiger partial charge in [-0.2, -0.15) is 0 Å². The summed E-state index contributed by atoms with van der Waals surface area (Å²) >= 11 is 0. The van der Waals surface area contributed by atoms with Crippen LogP contribution in [0.4, 0.5) is 17.1 Å². The molecule has 11 aromatic carbocycles. The SMILES string of the molecule is c1ccc2c(c1)-c1ccccc1C21c2ccccc2-c2c(N(c3ccc(-c4ccc(-c5ccc(-c6cccc7ccccc67)cc5)cc4)cc3)c3cccc4oc5ccccc5c34)cccc21. The van der Waals surface area contributed by atoms with Crippen LogP contribution in [0.2, 0.25) is 0 Å². The fraction of sp³-hybridized carbons (Fsp3) is 0.0154. The lowest BCUT2D eigenvalue weighted by Crippen LogP contribution is -2.26. The van der Waals surface area contributed by atoms with E-state index >= 15 is 0 Å². The molecule has 14 rings (SSSR count). The molecule has 1 spiro atoms. The van der Waals surface area contributed by atoms with E-state index in [4.69, 9.17) is 4.42 Å². The van der Waals surface area contributed by atoms with Gasteiger partial charge < -0.3 is 9.32 Å². The summed E-state index contributed by atoms with van der Waals surface area (Å²) in [4.78, 5) is 2.47. The first-order valence-corrected chi connectivity index (χ1v) is 23.2. The van der Waals surface area contributed by atoms with Gasteiger partial charge in [0, 0.05) is 16.6 Å². The van der Waals surface area contributed by atoms with Crippen molar-refractivity contribution < 1.29 is 4.42 Å². The van der Waals surface area contributed by atoms with E-state index in [1.54, 1.807) is 0 Å². The largest absolute Gasteiger partial charge is 0.456 e. The van der Waals surface area contributed by atoms with Crippen molar-refractivity contribution >= 4 is 49.8 Å². The Kier molecular flexibility index (Phi) is 8.23. The lowest BCUT2D eigenvalue weighted by Gasteiger charge is -2.32. The second-order valence-corrected chi connectivity index (χ2v) is 17.9. The van der Waals surface area contributed by atoms with Crippen LogP contribution in [0.5, 0.6) is 0 Å². The standard InChI is InChI=1S/C65H41NO/c1-2-16-49-46(14-1)15-11-21-50(49)47-36-34-44(35-37-47)42-30-32-43(33-31-42)45-38-40-48(41-39-45)66(60-27-13-29-62-64(60)54-20-6-10-28-61(54)67-62)59-26-12-25-58-63(59)53-19-5-9-24-57(53)65(58)55-22-7-3-17-51(55)52-18-4-8-23-56(52)65/h1-41H. The Hall–Kier alpha value is -8.72. The normalized spacial score (nSPS) is 12.9. The van der Waals surface area contributed by atoms with Crippen LogP contribution < -0.4 is 4.90 Å². The molecule has 0 aliphatic heterocycles. The third-order valence-corrected chi connectivity index (χ3v) is 14.5. The Labute approximate surface area is 389 Å². The molecule has 2 nitrogen and oxygen atoms in total. The number of rotatable bonds is 6. The highest BCUT2D eigenvalue weighted by Crippen LogP contribution is 2.65. The highest BCUT2D eigenvalue weighted by atomic mass is 16.3. The van der Waals surface area contributed by atoms with Crippen molar-refractivity contribution in [2.24, 2.45) is 0 Å². The van der Waals surface area contributed by atoms with E-state index in [1.807, 2.05) is 6.07 Å². The third kappa shape index (κ3) is 5.51. The average molecular weight is 852 g/mol. The molecule has 0 fully saturated rings.